The molecule has 0 aromatic heterocycles. The minimum Gasteiger partial charge on any atom is -0.382 e. The predicted octanol–water partition coefficient (Wildman–Crippen LogP) is 1.02. The van der Waals surface area contributed by atoms with Gasteiger partial charge in [-0.25, -0.2) is 0 Å². The maximum atomic E-state index is 12.0. The minimum atomic E-state index is -4.75. The van der Waals surface area contributed by atoms with Crippen LogP contribution in [0, 0.1) is 0 Å². The molecule has 114 valence electrons. The minimum absolute atomic E-state index is 0. The number of aliphatic hydroxyl groups is 1. The fraction of sp³-hybridized carbons (Fsp3) is 0.417. The standard InChI is InChI=1S/C12H15F3N2O2.ClH/c13-12(14,15)10(18)7-17-11(19)9(16)6-8-4-2-1-3-5-8;/h1-5,9-10,18H,6-7,16H2,(H,17,19);1H. The summed E-state index contributed by atoms with van der Waals surface area (Å²) < 4.78 is 36.0. The highest BCUT2D eigenvalue weighted by atomic mass is 35.5. The van der Waals surface area contributed by atoms with Gasteiger partial charge < -0.3 is 16.2 Å². The smallest absolute Gasteiger partial charge is 0.382 e. The molecule has 0 aliphatic rings. The van der Waals surface area contributed by atoms with Crippen molar-refractivity contribution >= 4 is 18.3 Å². The number of carbonyl (C=O) groups excluding carboxylic acids is 1. The molecule has 1 aromatic rings. The SMILES string of the molecule is Cl.NC(Cc1ccccc1)C(=O)NCC(O)C(F)(F)F. The summed E-state index contributed by atoms with van der Waals surface area (Å²) in [6, 6.07) is 7.91. The number of rotatable bonds is 5. The van der Waals surface area contributed by atoms with Crippen molar-refractivity contribution in [1.29, 1.82) is 0 Å². The number of hydrogen-bond acceptors (Lipinski definition) is 3. The first kappa shape index (κ1) is 18.7. The molecule has 20 heavy (non-hydrogen) atoms. The summed E-state index contributed by atoms with van der Waals surface area (Å²) in [6.07, 6.45) is -7.12. The molecule has 0 spiro atoms. The van der Waals surface area contributed by atoms with Gasteiger partial charge in [-0.2, -0.15) is 13.2 Å². The molecule has 1 rings (SSSR count). The van der Waals surface area contributed by atoms with Crippen LogP contribution in [0.25, 0.3) is 0 Å². The molecule has 2 unspecified atom stereocenters. The molecule has 0 heterocycles. The van der Waals surface area contributed by atoms with Crippen molar-refractivity contribution in [2.75, 3.05) is 6.54 Å². The van der Waals surface area contributed by atoms with E-state index in [9.17, 15) is 18.0 Å². The largest absolute Gasteiger partial charge is 0.416 e. The lowest BCUT2D eigenvalue weighted by Crippen LogP contribution is -2.47. The number of carbonyl (C=O) groups is 1. The molecule has 0 saturated carbocycles. The van der Waals surface area contributed by atoms with E-state index in [0.29, 0.717) is 0 Å². The zero-order valence-corrected chi connectivity index (χ0v) is 11.2. The molecule has 1 aromatic carbocycles. The lowest BCUT2D eigenvalue weighted by Gasteiger charge is -2.17. The third-order valence-corrected chi connectivity index (χ3v) is 2.48. The lowest BCUT2D eigenvalue weighted by atomic mass is 10.1. The van der Waals surface area contributed by atoms with Crippen LogP contribution in [-0.2, 0) is 11.2 Å². The second-order valence-electron chi connectivity index (χ2n) is 4.10. The van der Waals surface area contributed by atoms with Crippen molar-refractivity contribution in [2.24, 2.45) is 5.73 Å². The van der Waals surface area contributed by atoms with Crippen LogP contribution in [0.3, 0.4) is 0 Å². The topological polar surface area (TPSA) is 75.4 Å². The highest BCUT2D eigenvalue weighted by Gasteiger charge is 2.38. The van der Waals surface area contributed by atoms with Gasteiger partial charge in [-0.3, -0.25) is 4.79 Å². The molecule has 1 amide bonds. The summed E-state index contributed by atoms with van der Waals surface area (Å²) in [7, 11) is 0. The van der Waals surface area contributed by atoms with Crippen LogP contribution in [0.1, 0.15) is 5.56 Å². The monoisotopic (exact) mass is 312 g/mol. The van der Waals surface area contributed by atoms with Gasteiger partial charge in [0.15, 0.2) is 6.10 Å². The average Bonchev–Trinajstić information content (AvgIpc) is 2.35. The van der Waals surface area contributed by atoms with Crippen molar-refractivity contribution in [2.45, 2.75) is 24.7 Å². The van der Waals surface area contributed by atoms with Crippen LogP contribution in [0.5, 0.6) is 0 Å². The van der Waals surface area contributed by atoms with Crippen LogP contribution in [0.15, 0.2) is 30.3 Å². The zero-order valence-electron chi connectivity index (χ0n) is 10.4. The molecule has 0 fully saturated rings. The average molecular weight is 313 g/mol. The number of nitrogens with one attached hydrogen (secondary N) is 1. The van der Waals surface area contributed by atoms with E-state index >= 15 is 0 Å². The first-order chi connectivity index (χ1) is 8.80. The molecule has 2 atom stereocenters. The number of alkyl halides is 3. The van der Waals surface area contributed by atoms with Crippen LogP contribution in [0.2, 0.25) is 0 Å². The Labute approximate surface area is 120 Å². The van der Waals surface area contributed by atoms with Gasteiger partial charge >= 0.3 is 6.18 Å². The summed E-state index contributed by atoms with van der Waals surface area (Å²) in [4.78, 5) is 11.5. The number of aliphatic hydroxyl groups excluding tert-OH is 1. The van der Waals surface area contributed by atoms with Gasteiger partial charge in [0.1, 0.15) is 0 Å². The van der Waals surface area contributed by atoms with E-state index in [2.05, 4.69) is 0 Å². The highest BCUT2D eigenvalue weighted by molar-refractivity contribution is 5.85. The molecule has 0 radical (unpaired) electrons. The Bertz CT molecular complexity index is 415. The molecule has 0 aliphatic carbocycles. The molecule has 4 nitrogen and oxygen atoms in total. The number of amides is 1. The van der Waals surface area contributed by atoms with E-state index < -0.39 is 30.8 Å². The Balaban J connectivity index is 0.00000361. The van der Waals surface area contributed by atoms with Crippen molar-refractivity contribution in [3.05, 3.63) is 35.9 Å². The van der Waals surface area contributed by atoms with Gasteiger partial charge in [-0.1, -0.05) is 30.3 Å². The summed E-state index contributed by atoms with van der Waals surface area (Å²) in [5.74, 6) is -0.729. The Morgan fingerprint density at radius 3 is 2.35 bits per heavy atom. The Kier molecular flexibility index (Phi) is 7.55. The molecular weight excluding hydrogens is 297 g/mol. The highest BCUT2D eigenvalue weighted by Crippen LogP contribution is 2.19. The van der Waals surface area contributed by atoms with Gasteiger partial charge in [0, 0.05) is 0 Å². The first-order valence-corrected chi connectivity index (χ1v) is 5.62. The van der Waals surface area contributed by atoms with Crippen molar-refractivity contribution in [3.8, 4) is 0 Å². The zero-order chi connectivity index (χ0) is 14.5. The van der Waals surface area contributed by atoms with Gasteiger partial charge in [-0.05, 0) is 12.0 Å². The maximum Gasteiger partial charge on any atom is 0.416 e. The lowest BCUT2D eigenvalue weighted by molar-refractivity contribution is -0.201. The molecule has 0 aliphatic heterocycles. The first-order valence-electron chi connectivity index (χ1n) is 5.62. The molecular formula is C12H16ClF3N2O2. The fourth-order valence-electron chi connectivity index (χ4n) is 1.40. The van der Waals surface area contributed by atoms with Crippen LogP contribution in [0.4, 0.5) is 13.2 Å². The van der Waals surface area contributed by atoms with Crippen molar-refractivity contribution in [3.63, 3.8) is 0 Å². The molecule has 8 heteroatoms. The van der Waals surface area contributed by atoms with E-state index in [1.165, 1.54) is 0 Å². The summed E-state index contributed by atoms with van der Waals surface area (Å²) in [5, 5.41) is 10.7. The maximum absolute atomic E-state index is 12.0. The predicted molar refractivity (Wildman–Crippen MR) is 70.4 cm³/mol. The Morgan fingerprint density at radius 1 is 1.30 bits per heavy atom. The van der Waals surface area contributed by atoms with Gasteiger partial charge in [0.05, 0.1) is 12.6 Å². The Morgan fingerprint density at radius 2 is 1.85 bits per heavy atom. The van der Waals surface area contributed by atoms with Crippen molar-refractivity contribution in [1.82, 2.24) is 5.32 Å². The van der Waals surface area contributed by atoms with E-state index in [0.717, 1.165) is 5.56 Å². The van der Waals surface area contributed by atoms with Gasteiger partial charge in [0.2, 0.25) is 5.91 Å². The van der Waals surface area contributed by atoms with E-state index in [1.807, 2.05) is 5.32 Å². The number of nitrogens with two attached hydrogens (primary N) is 1. The van der Waals surface area contributed by atoms with Gasteiger partial charge in [0.25, 0.3) is 0 Å². The van der Waals surface area contributed by atoms with Crippen LogP contribution >= 0.6 is 12.4 Å². The third kappa shape index (κ3) is 6.23. The Hall–Kier alpha value is -1.31. The molecule has 0 saturated heterocycles. The molecule has 4 N–H and O–H groups in total. The second kappa shape index (κ2) is 8.08. The summed E-state index contributed by atoms with van der Waals surface area (Å²) in [5.41, 5.74) is 6.38. The number of hydrogen-bond donors (Lipinski definition) is 3. The van der Waals surface area contributed by atoms with E-state index in [1.54, 1.807) is 30.3 Å². The quantitative estimate of drug-likeness (QED) is 0.760. The number of benzene rings is 1. The molecule has 0 bridgehead atoms. The third-order valence-electron chi connectivity index (χ3n) is 2.48. The van der Waals surface area contributed by atoms with Crippen LogP contribution < -0.4 is 11.1 Å². The van der Waals surface area contributed by atoms with E-state index in [4.69, 9.17) is 10.8 Å². The normalized spacial score (nSPS) is 14.1. The van der Waals surface area contributed by atoms with E-state index in [-0.39, 0.29) is 18.8 Å². The second-order valence-corrected chi connectivity index (χ2v) is 4.10. The summed E-state index contributed by atoms with van der Waals surface area (Å²) in [6.45, 7) is -0.898. The van der Waals surface area contributed by atoms with Crippen LogP contribution in [-0.4, -0.2) is 35.9 Å². The van der Waals surface area contributed by atoms with Crippen molar-refractivity contribution < 1.29 is 23.1 Å². The van der Waals surface area contributed by atoms with Gasteiger partial charge in [-0.15, -0.1) is 12.4 Å². The fourth-order valence-corrected chi connectivity index (χ4v) is 1.40. The summed E-state index contributed by atoms with van der Waals surface area (Å²) >= 11 is 0. The number of halogens is 4.